The van der Waals surface area contributed by atoms with Crippen LogP contribution in [0.15, 0.2) is 66.7 Å². The van der Waals surface area contributed by atoms with E-state index >= 15 is 0 Å². The molecular weight excluding hydrogens is 324 g/mol. The molecule has 1 unspecified atom stereocenters. The molecule has 3 nitrogen and oxygen atoms in total. The molecule has 0 aromatic heterocycles. The van der Waals surface area contributed by atoms with Crippen LogP contribution in [0.4, 0.5) is 0 Å². The van der Waals surface area contributed by atoms with Gasteiger partial charge in [-0.1, -0.05) is 67.9 Å². The first-order chi connectivity index (χ1) is 12.7. The number of rotatable bonds is 8. The summed E-state index contributed by atoms with van der Waals surface area (Å²) in [6.45, 7) is 2.81. The van der Waals surface area contributed by atoms with Crippen LogP contribution in [0.3, 0.4) is 0 Å². The van der Waals surface area contributed by atoms with E-state index in [1.165, 1.54) is 0 Å². The quantitative estimate of drug-likeness (QED) is 0.552. The summed E-state index contributed by atoms with van der Waals surface area (Å²) in [6, 6.07) is 21.6. The maximum Gasteiger partial charge on any atom is 0.311 e. The summed E-state index contributed by atoms with van der Waals surface area (Å²) in [5, 5.41) is 11.9. The first-order valence-electron chi connectivity index (χ1n) is 9.11. The molecule has 0 fully saturated rings. The molecule has 0 aliphatic rings. The lowest BCUT2D eigenvalue weighted by Gasteiger charge is -2.16. The maximum absolute atomic E-state index is 12.0. The highest BCUT2D eigenvalue weighted by Gasteiger charge is 2.22. The Balaban J connectivity index is 1.87. The molecule has 3 aromatic carbocycles. The van der Waals surface area contributed by atoms with Gasteiger partial charge in [-0.05, 0) is 46.9 Å². The topological polar surface area (TPSA) is 46.5 Å². The van der Waals surface area contributed by atoms with E-state index in [9.17, 15) is 9.90 Å². The van der Waals surface area contributed by atoms with Crippen molar-refractivity contribution in [3.05, 3.63) is 77.9 Å². The summed E-state index contributed by atoms with van der Waals surface area (Å²) in [7, 11) is 0. The number of carbonyl (C=O) groups is 1. The van der Waals surface area contributed by atoms with Gasteiger partial charge in [-0.3, -0.25) is 4.79 Å². The van der Waals surface area contributed by atoms with Gasteiger partial charge in [0.05, 0.1) is 12.5 Å². The Hall–Kier alpha value is -2.81. The summed E-state index contributed by atoms with van der Waals surface area (Å²) >= 11 is 0. The number of carboxylic acids is 1. The van der Waals surface area contributed by atoms with Gasteiger partial charge in [-0.2, -0.15) is 0 Å². The monoisotopic (exact) mass is 348 g/mol. The second-order valence-electron chi connectivity index (χ2n) is 6.51. The molecule has 0 saturated heterocycles. The molecule has 1 N–H and O–H groups in total. The van der Waals surface area contributed by atoms with Crippen LogP contribution >= 0.6 is 0 Å². The SMILES string of the molecule is CCCCOc1cccc(CC(C(=O)O)c2cccc3ccccc23)c1. The van der Waals surface area contributed by atoms with Gasteiger partial charge in [0.1, 0.15) is 5.75 Å². The van der Waals surface area contributed by atoms with E-state index in [0.717, 1.165) is 40.5 Å². The zero-order chi connectivity index (χ0) is 18.4. The van der Waals surface area contributed by atoms with Crippen molar-refractivity contribution in [2.45, 2.75) is 32.1 Å². The lowest BCUT2D eigenvalue weighted by molar-refractivity contribution is -0.138. The molecule has 0 aliphatic heterocycles. The Morgan fingerprint density at radius 1 is 1.04 bits per heavy atom. The molecule has 0 aliphatic carbocycles. The van der Waals surface area contributed by atoms with Gasteiger partial charge in [0, 0.05) is 0 Å². The van der Waals surface area contributed by atoms with Crippen molar-refractivity contribution in [1.29, 1.82) is 0 Å². The lowest BCUT2D eigenvalue weighted by Crippen LogP contribution is -2.15. The van der Waals surface area contributed by atoms with E-state index in [1.54, 1.807) is 0 Å². The highest BCUT2D eigenvalue weighted by Crippen LogP contribution is 2.29. The van der Waals surface area contributed by atoms with Crippen molar-refractivity contribution < 1.29 is 14.6 Å². The van der Waals surface area contributed by atoms with Crippen molar-refractivity contribution in [3.63, 3.8) is 0 Å². The molecule has 3 rings (SSSR count). The maximum atomic E-state index is 12.0. The molecule has 26 heavy (non-hydrogen) atoms. The van der Waals surface area contributed by atoms with Gasteiger partial charge < -0.3 is 9.84 Å². The van der Waals surface area contributed by atoms with Crippen LogP contribution in [0, 0.1) is 0 Å². The second-order valence-corrected chi connectivity index (χ2v) is 6.51. The standard InChI is InChI=1S/C23H24O3/c1-2-3-14-26-19-11-6-8-17(15-19)16-22(23(24)25)21-13-7-10-18-9-4-5-12-20(18)21/h4-13,15,22H,2-3,14,16H2,1H3,(H,24,25). The molecule has 3 heteroatoms. The fourth-order valence-electron chi connectivity index (χ4n) is 3.22. The van der Waals surface area contributed by atoms with Crippen LogP contribution < -0.4 is 4.74 Å². The third-order valence-corrected chi connectivity index (χ3v) is 4.60. The van der Waals surface area contributed by atoms with E-state index in [1.807, 2.05) is 66.7 Å². The normalized spacial score (nSPS) is 12.0. The van der Waals surface area contributed by atoms with Gasteiger partial charge in [0.15, 0.2) is 0 Å². The van der Waals surface area contributed by atoms with E-state index in [0.29, 0.717) is 13.0 Å². The lowest BCUT2D eigenvalue weighted by atomic mass is 9.88. The summed E-state index contributed by atoms with van der Waals surface area (Å²) < 4.78 is 5.76. The van der Waals surface area contributed by atoms with Gasteiger partial charge in [0.25, 0.3) is 0 Å². The number of fused-ring (bicyclic) bond motifs is 1. The predicted molar refractivity (Wildman–Crippen MR) is 105 cm³/mol. The number of benzene rings is 3. The Labute approximate surface area is 154 Å². The first-order valence-corrected chi connectivity index (χ1v) is 9.11. The minimum atomic E-state index is -0.807. The van der Waals surface area contributed by atoms with Crippen LogP contribution in [0.25, 0.3) is 10.8 Å². The third-order valence-electron chi connectivity index (χ3n) is 4.60. The smallest absolute Gasteiger partial charge is 0.311 e. The fraction of sp³-hybridized carbons (Fsp3) is 0.261. The molecule has 0 bridgehead atoms. The van der Waals surface area contributed by atoms with Crippen molar-refractivity contribution in [2.24, 2.45) is 0 Å². The highest BCUT2D eigenvalue weighted by molar-refractivity contribution is 5.90. The minimum Gasteiger partial charge on any atom is -0.494 e. The van der Waals surface area contributed by atoms with Gasteiger partial charge in [0.2, 0.25) is 0 Å². The van der Waals surface area contributed by atoms with Crippen LogP contribution in [-0.4, -0.2) is 17.7 Å². The average molecular weight is 348 g/mol. The van der Waals surface area contributed by atoms with Crippen molar-refractivity contribution >= 4 is 16.7 Å². The Kier molecular flexibility index (Phi) is 5.90. The molecule has 0 amide bonds. The van der Waals surface area contributed by atoms with Crippen molar-refractivity contribution in [2.75, 3.05) is 6.61 Å². The number of ether oxygens (including phenoxy) is 1. The molecule has 0 saturated carbocycles. The molecule has 134 valence electrons. The van der Waals surface area contributed by atoms with E-state index in [-0.39, 0.29) is 0 Å². The molecule has 0 radical (unpaired) electrons. The Morgan fingerprint density at radius 3 is 2.62 bits per heavy atom. The second kappa shape index (κ2) is 8.52. The number of aliphatic carboxylic acids is 1. The van der Waals surface area contributed by atoms with Crippen molar-refractivity contribution in [1.82, 2.24) is 0 Å². The molecular formula is C23H24O3. The summed E-state index contributed by atoms with van der Waals surface area (Å²) in [6.07, 6.45) is 2.54. The Morgan fingerprint density at radius 2 is 1.81 bits per heavy atom. The zero-order valence-electron chi connectivity index (χ0n) is 15.0. The molecule has 3 aromatic rings. The largest absolute Gasteiger partial charge is 0.494 e. The number of unbranched alkanes of at least 4 members (excludes halogenated alkanes) is 1. The number of hydrogen-bond acceptors (Lipinski definition) is 2. The summed E-state index contributed by atoms with van der Waals surface area (Å²) in [5.74, 6) is -0.594. The fourth-order valence-corrected chi connectivity index (χ4v) is 3.22. The third kappa shape index (κ3) is 4.23. The number of carboxylic acid groups (broad SMARTS) is 1. The van der Waals surface area contributed by atoms with E-state index < -0.39 is 11.9 Å². The van der Waals surface area contributed by atoms with Gasteiger partial charge in [-0.15, -0.1) is 0 Å². The zero-order valence-corrected chi connectivity index (χ0v) is 15.0. The minimum absolute atomic E-state index is 0.439. The average Bonchev–Trinajstić information content (AvgIpc) is 2.66. The van der Waals surface area contributed by atoms with E-state index in [2.05, 4.69) is 6.92 Å². The van der Waals surface area contributed by atoms with Gasteiger partial charge >= 0.3 is 5.97 Å². The van der Waals surface area contributed by atoms with Crippen LogP contribution in [0.2, 0.25) is 0 Å². The first kappa shape index (κ1) is 18.0. The Bertz CT molecular complexity index is 880. The van der Waals surface area contributed by atoms with Gasteiger partial charge in [-0.25, -0.2) is 0 Å². The van der Waals surface area contributed by atoms with Crippen LogP contribution in [-0.2, 0) is 11.2 Å². The number of hydrogen-bond donors (Lipinski definition) is 1. The summed E-state index contributed by atoms with van der Waals surface area (Å²) in [4.78, 5) is 12.0. The molecule has 1 atom stereocenters. The van der Waals surface area contributed by atoms with E-state index in [4.69, 9.17) is 4.74 Å². The van der Waals surface area contributed by atoms with Crippen LogP contribution in [0.5, 0.6) is 5.75 Å². The predicted octanol–water partition coefficient (Wildman–Crippen LogP) is 5.43. The van der Waals surface area contributed by atoms with Crippen molar-refractivity contribution in [3.8, 4) is 5.75 Å². The molecule has 0 heterocycles. The highest BCUT2D eigenvalue weighted by atomic mass is 16.5. The molecule has 0 spiro atoms. The van der Waals surface area contributed by atoms with Crippen LogP contribution in [0.1, 0.15) is 36.8 Å². The summed E-state index contributed by atoms with van der Waals surface area (Å²) in [5.41, 5.74) is 1.83.